The molecule has 0 aliphatic heterocycles. The molecule has 0 bridgehead atoms. The molecular formula is C17H15BrN2O5. The summed E-state index contributed by atoms with van der Waals surface area (Å²) in [4.78, 5) is 34.3. The number of rotatable bonds is 6. The maximum Gasteiger partial charge on any atom is 0.338 e. The summed E-state index contributed by atoms with van der Waals surface area (Å²) in [6, 6.07) is 10.3. The third kappa shape index (κ3) is 4.87. The van der Waals surface area contributed by atoms with E-state index in [1.807, 2.05) is 6.92 Å². The second-order valence-electron chi connectivity index (χ2n) is 5.09. The van der Waals surface area contributed by atoms with Crippen molar-refractivity contribution in [1.82, 2.24) is 0 Å². The monoisotopic (exact) mass is 406 g/mol. The van der Waals surface area contributed by atoms with Crippen molar-refractivity contribution in [1.29, 1.82) is 0 Å². The van der Waals surface area contributed by atoms with E-state index < -0.39 is 16.8 Å². The van der Waals surface area contributed by atoms with Crippen molar-refractivity contribution in [2.24, 2.45) is 0 Å². The highest BCUT2D eigenvalue weighted by Gasteiger charge is 2.16. The Morgan fingerprint density at radius 3 is 2.40 bits per heavy atom. The smallest absolute Gasteiger partial charge is 0.338 e. The molecule has 0 heterocycles. The Balaban J connectivity index is 2.09. The summed E-state index contributed by atoms with van der Waals surface area (Å²) >= 11 is 3.07. The van der Waals surface area contributed by atoms with E-state index >= 15 is 0 Å². The number of amides is 1. The van der Waals surface area contributed by atoms with Crippen LogP contribution < -0.4 is 5.32 Å². The van der Waals surface area contributed by atoms with Gasteiger partial charge in [-0.2, -0.15) is 0 Å². The second-order valence-corrected chi connectivity index (χ2v) is 5.95. The first-order valence-corrected chi connectivity index (χ1v) is 8.24. The fraction of sp³-hybridized carbons (Fsp3) is 0.176. The number of nitrogens with zero attached hydrogens (tertiary/aromatic N) is 1. The van der Waals surface area contributed by atoms with Gasteiger partial charge >= 0.3 is 5.97 Å². The van der Waals surface area contributed by atoms with Gasteiger partial charge in [-0.3, -0.25) is 14.9 Å². The van der Waals surface area contributed by atoms with Crippen LogP contribution in [0.25, 0.3) is 0 Å². The van der Waals surface area contributed by atoms with E-state index in [-0.39, 0.29) is 11.3 Å². The standard InChI is InChI=1S/C17H15BrN2O5/c1-2-9-25-17(22)11-3-6-13(7-4-11)19-16(21)12-5-8-14(18)15(10-12)20(23)24/h3-8,10H,2,9H2,1H3,(H,19,21). The Labute approximate surface area is 152 Å². The molecule has 0 radical (unpaired) electrons. The lowest BCUT2D eigenvalue weighted by Crippen LogP contribution is -2.12. The van der Waals surface area contributed by atoms with E-state index in [1.165, 1.54) is 30.3 Å². The number of anilines is 1. The largest absolute Gasteiger partial charge is 0.462 e. The summed E-state index contributed by atoms with van der Waals surface area (Å²) in [7, 11) is 0. The minimum Gasteiger partial charge on any atom is -0.462 e. The van der Waals surface area contributed by atoms with Crippen LogP contribution in [0.2, 0.25) is 0 Å². The van der Waals surface area contributed by atoms with Gasteiger partial charge in [0, 0.05) is 17.3 Å². The van der Waals surface area contributed by atoms with E-state index in [2.05, 4.69) is 21.2 Å². The highest BCUT2D eigenvalue weighted by molar-refractivity contribution is 9.10. The molecule has 130 valence electrons. The van der Waals surface area contributed by atoms with Crippen LogP contribution >= 0.6 is 15.9 Å². The Morgan fingerprint density at radius 1 is 1.16 bits per heavy atom. The zero-order valence-electron chi connectivity index (χ0n) is 13.3. The highest BCUT2D eigenvalue weighted by Crippen LogP contribution is 2.26. The third-order valence-corrected chi connectivity index (χ3v) is 3.89. The van der Waals surface area contributed by atoms with Crippen LogP contribution in [-0.4, -0.2) is 23.4 Å². The van der Waals surface area contributed by atoms with Crippen LogP contribution in [0.15, 0.2) is 46.9 Å². The number of hydrogen-bond donors (Lipinski definition) is 1. The van der Waals surface area contributed by atoms with Gasteiger partial charge in [-0.1, -0.05) is 6.92 Å². The van der Waals surface area contributed by atoms with E-state index in [1.54, 1.807) is 12.1 Å². The molecule has 0 fully saturated rings. The van der Waals surface area contributed by atoms with E-state index in [0.717, 1.165) is 6.42 Å². The molecule has 0 saturated carbocycles. The van der Waals surface area contributed by atoms with Crippen molar-refractivity contribution in [3.05, 3.63) is 68.2 Å². The van der Waals surface area contributed by atoms with Gasteiger partial charge < -0.3 is 10.1 Å². The molecule has 7 nitrogen and oxygen atoms in total. The molecule has 0 unspecified atom stereocenters. The summed E-state index contributed by atoms with van der Waals surface area (Å²) in [6.45, 7) is 2.25. The number of carbonyl (C=O) groups excluding carboxylic acids is 2. The van der Waals surface area contributed by atoms with Crippen LogP contribution in [-0.2, 0) is 4.74 Å². The molecule has 25 heavy (non-hydrogen) atoms. The third-order valence-electron chi connectivity index (χ3n) is 3.22. The Kier molecular flexibility index (Phi) is 6.24. The molecule has 0 atom stereocenters. The molecule has 1 N–H and O–H groups in total. The summed E-state index contributed by atoms with van der Waals surface area (Å²) in [6.07, 6.45) is 0.735. The Morgan fingerprint density at radius 2 is 1.80 bits per heavy atom. The fourth-order valence-electron chi connectivity index (χ4n) is 1.96. The molecule has 2 aromatic carbocycles. The van der Waals surface area contributed by atoms with Crippen LogP contribution in [0.3, 0.4) is 0 Å². The van der Waals surface area contributed by atoms with E-state index in [4.69, 9.17) is 4.74 Å². The average Bonchev–Trinajstić information content (AvgIpc) is 2.60. The predicted octanol–water partition coefficient (Wildman–Crippen LogP) is 4.18. The molecule has 0 spiro atoms. The van der Waals surface area contributed by atoms with Crippen molar-refractivity contribution >= 4 is 39.2 Å². The van der Waals surface area contributed by atoms with Gasteiger partial charge in [0.2, 0.25) is 0 Å². The van der Waals surface area contributed by atoms with Gasteiger partial charge in [0.15, 0.2) is 0 Å². The zero-order chi connectivity index (χ0) is 18.4. The molecule has 2 rings (SSSR count). The van der Waals surface area contributed by atoms with Crippen molar-refractivity contribution in [3.63, 3.8) is 0 Å². The van der Waals surface area contributed by atoms with Gasteiger partial charge in [0.25, 0.3) is 11.6 Å². The van der Waals surface area contributed by atoms with Crippen molar-refractivity contribution in [2.45, 2.75) is 13.3 Å². The fourth-order valence-corrected chi connectivity index (χ4v) is 2.36. The van der Waals surface area contributed by atoms with Crippen molar-refractivity contribution < 1.29 is 19.2 Å². The quantitative estimate of drug-likeness (QED) is 0.440. The van der Waals surface area contributed by atoms with E-state index in [9.17, 15) is 19.7 Å². The van der Waals surface area contributed by atoms with Gasteiger partial charge in [0.1, 0.15) is 0 Å². The van der Waals surface area contributed by atoms with Crippen LogP contribution in [0.5, 0.6) is 0 Å². The molecule has 0 aromatic heterocycles. The number of nitrogens with one attached hydrogen (secondary N) is 1. The minimum absolute atomic E-state index is 0.154. The number of carbonyl (C=O) groups is 2. The van der Waals surface area contributed by atoms with Gasteiger partial charge in [0.05, 0.1) is 21.6 Å². The normalized spacial score (nSPS) is 10.2. The molecule has 0 saturated heterocycles. The first-order valence-electron chi connectivity index (χ1n) is 7.45. The number of ether oxygens (including phenoxy) is 1. The van der Waals surface area contributed by atoms with Crippen LogP contribution in [0.1, 0.15) is 34.1 Å². The first kappa shape index (κ1) is 18.6. The number of hydrogen-bond acceptors (Lipinski definition) is 5. The number of nitro groups is 1. The van der Waals surface area contributed by atoms with Crippen LogP contribution in [0, 0.1) is 10.1 Å². The maximum absolute atomic E-state index is 12.2. The highest BCUT2D eigenvalue weighted by atomic mass is 79.9. The van der Waals surface area contributed by atoms with Gasteiger partial charge in [-0.05, 0) is 58.7 Å². The van der Waals surface area contributed by atoms with Crippen molar-refractivity contribution in [3.8, 4) is 0 Å². The van der Waals surface area contributed by atoms with Crippen molar-refractivity contribution in [2.75, 3.05) is 11.9 Å². The molecule has 1 amide bonds. The summed E-state index contributed by atoms with van der Waals surface area (Å²) < 4.78 is 5.32. The molecule has 8 heteroatoms. The summed E-state index contributed by atoms with van der Waals surface area (Å²) in [5.74, 6) is -0.917. The molecular weight excluding hydrogens is 392 g/mol. The average molecular weight is 407 g/mol. The van der Waals surface area contributed by atoms with E-state index in [0.29, 0.717) is 22.3 Å². The number of nitro benzene ring substituents is 1. The first-order chi connectivity index (χ1) is 11.9. The minimum atomic E-state index is -0.572. The topological polar surface area (TPSA) is 98.5 Å². The summed E-state index contributed by atoms with van der Waals surface area (Å²) in [5, 5.41) is 13.6. The number of esters is 1. The number of benzene rings is 2. The number of halogens is 1. The lowest BCUT2D eigenvalue weighted by Gasteiger charge is -2.07. The second kappa shape index (κ2) is 8.39. The Hall–Kier alpha value is -2.74. The lowest BCUT2D eigenvalue weighted by atomic mass is 10.1. The summed E-state index contributed by atoms with van der Waals surface area (Å²) in [5.41, 5.74) is 0.802. The SMILES string of the molecule is CCCOC(=O)c1ccc(NC(=O)c2ccc(Br)c([N+](=O)[O-])c2)cc1. The predicted molar refractivity (Wildman–Crippen MR) is 95.8 cm³/mol. The van der Waals surface area contributed by atoms with Gasteiger partial charge in [-0.25, -0.2) is 4.79 Å². The Bertz CT molecular complexity index is 805. The lowest BCUT2D eigenvalue weighted by molar-refractivity contribution is -0.385. The maximum atomic E-state index is 12.2. The molecule has 0 aliphatic carbocycles. The van der Waals surface area contributed by atoms with Crippen LogP contribution in [0.4, 0.5) is 11.4 Å². The van der Waals surface area contributed by atoms with Gasteiger partial charge in [-0.15, -0.1) is 0 Å². The molecule has 2 aromatic rings. The zero-order valence-corrected chi connectivity index (χ0v) is 14.9. The molecule has 0 aliphatic rings.